The highest BCUT2D eigenvalue weighted by Gasteiger charge is 2.36. The van der Waals surface area contributed by atoms with Gasteiger partial charge in [0.05, 0.1) is 6.54 Å². The van der Waals surface area contributed by atoms with E-state index in [0.717, 1.165) is 5.56 Å². The summed E-state index contributed by atoms with van der Waals surface area (Å²) in [6.07, 6.45) is 1.22. The van der Waals surface area contributed by atoms with Crippen molar-refractivity contribution in [2.75, 3.05) is 24.5 Å². The standard InChI is InChI=1S/C16H23N3O4/c1-11-5-6-13(17-9-11)19-8-7-18(10-12(19)14(20)21)15(22)23-16(2,3)4/h5-6,9,12H,7-8,10H2,1-4H3,(H,20,21)/t12-/m0/s1. The van der Waals surface area contributed by atoms with Gasteiger partial charge in [-0.3, -0.25) is 0 Å². The van der Waals surface area contributed by atoms with Crippen LogP contribution in [0.15, 0.2) is 18.3 Å². The Labute approximate surface area is 135 Å². The van der Waals surface area contributed by atoms with Crippen LogP contribution in [0.3, 0.4) is 0 Å². The van der Waals surface area contributed by atoms with Crippen LogP contribution in [0.25, 0.3) is 0 Å². The summed E-state index contributed by atoms with van der Waals surface area (Å²) in [6.45, 7) is 8.14. The second-order valence-electron chi connectivity index (χ2n) is 6.67. The van der Waals surface area contributed by atoms with Crippen LogP contribution in [0.4, 0.5) is 10.6 Å². The number of amides is 1. The maximum Gasteiger partial charge on any atom is 0.410 e. The number of pyridine rings is 1. The maximum absolute atomic E-state index is 12.1. The van der Waals surface area contributed by atoms with Crippen molar-refractivity contribution in [3.8, 4) is 0 Å². The van der Waals surface area contributed by atoms with Crippen LogP contribution in [0.1, 0.15) is 26.3 Å². The van der Waals surface area contributed by atoms with Crippen molar-refractivity contribution >= 4 is 17.9 Å². The number of anilines is 1. The minimum Gasteiger partial charge on any atom is -0.480 e. The molecule has 0 radical (unpaired) electrons. The SMILES string of the molecule is Cc1ccc(N2CCN(C(=O)OC(C)(C)C)C[C@H]2C(=O)O)nc1. The number of rotatable bonds is 2. The van der Waals surface area contributed by atoms with Gasteiger partial charge in [-0.2, -0.15) is 0 Å². The molecule has 1 aliphatic heterocycles. The molecular weight excluding hydrogens is 298 g/mol. The predicted molar refractivity (Wildman–Crippen MR) is 85.6 cm³/mol. The van der Waals surface area contributed by atoms with E-state index in [1.54, 1.807) is 37.9 Å². The van der Waals surface area contributed by atoms with Crippen molar-refractivity contribution in [3.05, 3.63) is 23.9 Å². The fraction of sp³-hybridized carbons (Fsp3) is 0.562. The number of nitrogens with zero attached hydrogens (tertiary/aromatic N) is 3. The monoisotopic (exact) mass is 321 g/mol. The van der Waals surface area contributed by atoms with E-state index < -0.39 is 23.7 Å². The van der Waals surface area contributed by atoms with Crippen LogP contribution in [-0.4, -0.2) is 58.3 Å². The topological polar surface area (TPSA) is 83.0 Å². The first-order valence-corrected chi connectivity index (χ1v) is 7.57. The first-order chi connectivity index (χ1) is 10.7. The van der Waals surface area contributed by atoms with Crippen LogP contribution in [0.5, 0.6) is 0 Å². The number of carboxylic acids is 1. The van der Waals surface area contributed by atoms with Gasteiger partial charge in [0.1, 0.15) is 17.5 Å². The van der Waals surface area contributed by atoms with Gasteiger partial charge in [-0.15, -0.1) is 0 Å². The summed E-state index contributed by atoms with van der Waals surface area (Å²) in [4.78, 5) is 31.2. The van der Waals surface area contributed by atoms with Crippen LogP contribution in [0, 0.1) is 6.92 Å². The van der Waals surface area contributed by atoms with E-state index in [9.17, 15) is 14.7 Å². The molecule has 1 fully saturated rings. The Morgan fingerprint density at radius 1 is 1.30 bits per heavy atom. The predicted octanol–water partition coefficient (Wildman–Crippen LogP) is 1.90. The molecule has 23 heavy (non-hydrogen) atoms. The third kappa shape index (κ3) is 4.34. The number of aryl methyl sites for hydroxylation is 1. The zero-order valence-corrected chi connectivity index (χ0v) is 13.9. The second kappa shape index (κ2) is 6.44. The second-order valence-corrected chi connectivity index (χ2v) is 6.67. The molecule has 0 spiro atoms. The van der Waals surface area contributed by atoms with Gasteiger partial charge in [-0.05, 0) is 39.3 Å². The molecule has 0 aliphatic carbocycles. The molecule has 1 aliphatic rings. The Bertz CT molecular complexity index is 580. The van der Waals surface area contributed by atoms with Gasteiger partial charge < -0.3 is 19.6 Å². The first kappa shape index (κ1) is 17.1. The van der Waals surface area contributed by atoms with Gasteiger partial charge in [-0.25, -0.2) is 14.6 Å². The Morgan fingerprint density at radius 2 is 2.00 bits per heavy atom. The quantitative estimate of drug-likeness (QED) is 0.896. The van der Waals surface area contributed by atoms with Gasteiger partial charge in [0.15, 0.2) is 0 Å². The average Bonchev–Trinajstić information content (AvgIpc) is 2.45. The largest absolute Gasteiger partial charge is 0.480 e. The Kier molecular flexibility index (Phi) is 4.77. The molecule has 0 unspecified atom stereocenters. The summed E-state index contributed by atoms with van der Waals surface area (Å²) < 4.78 is 5.32. The summed E-state index contributed by atoms with van der Waals surface area (Å²) in [7, 11) is 0. The lowest BCUT2D eigenvalue weighted by Crippen LogP contribution is -2.58. The molecular formula is C16H23N3O4. The van der Waals surface area contributed by atoms with Gasteiger partial charge in [0, 0.05) is 19.3 Å². The van der Waals surface area contributed by atoms with Crippen molar-refractivity contribution in [1.82, 2.24) is 9.88 Å². The molecule has 126 valence electrons. The number of ether oxygens (including phenoxy) is 1. The molecule has 1 N–H and O–H groups in total. The Hall–Kier alpha value is -2.31. The van der Waals surface area contributed by atoms with Crippen LogP contribution in [-0.2, 0) is 9.53 Å². The number of aliphatic carboxylic acids is 1. The van der Waals surface area contributed by atoms with Gasteiger partial charge in [0.2, 0.25) is 0 Å². The number of hydrogen-bond donors (Lipinski definition) is 1. The zero-order chi connectivity index (χ0) is 17.2. The number of hydrogen-bond acceptors (Lipinski definition) is 5. The number of piperazine rings is 1. The molecule has 1 amide bonds. The number of aromatic nitrogens is 1. The number of carbonyl (C=O) groups is 2. The fourth-order valence-corrected chi connectivity index (χ4v) is 2.39. The minimum atomic E-state index is -0.986. The smallest absolute Gasteiger partial charge is 0.410 e. The molecule has 2 heterocycles. The normalized spacial score (nSPS) is 18.7. The van der Waals surface area contributed by atoms with E-state index in [0.29, 0.717) is 18.9 Å². The number of carboxylic acid groups (broad SMARTS) is 1. The highest BCUT2D eigenvalue weighted by atomic mass is 16.6. The van der Waals surface area contributed by atoms with E-state index >= 15 is 0 Å². The van der Waals surface area contributed by atoms with Crippen molar-refractivity contribution in [2.24, 2.45) is 0 Å². The molecule has 1 saturated heterocycles. The summed E-state index contributed by atoms with van der Waals surface area (Å²) >= 11 is 0. The van der Waals surface area contributed by atoms with Crippen LogP contribution in [0.2, 0.25) is 0 Å². The lowest BCUT2D eigenvalue weighted by Gasteiger charge is -2.40. The van der Waals surface area contributed by atoms with Gasteiger partial charge in [0.25, 0.3) is 0 Å². The summed E-state index contributed by atoms with van der Waals surface area (Å²) in [5.41, 5.74) is 0.402. The average molecular weight is 321 g/mol. The lowest BCUT2D eigenvalue weighted by molar-refractivity contribution is -0.139. The summed E-state index contributed by atoms with van der Waals surface area (Å²) in [5, 5.41) is 9.51. The van der Waals surface area contributed by atoms with E-state index in [2.05, 4.69) is 4.98 Å². The first-order valence-electron chi connectivity index (χ1n) is 7.57. The van der Waals surface area contributed by atoms with Crippen molar-refractivity contribution in [2.45, 2.75) is 39.3 Å². The molecule has 7 nitrogen and oxygen atoms in total. The molecule has 2 rings (SSSR count). The maximum atomic E-state index is 12.1. The number of carbonyl (C=O) groups excluding carboxylic acids is 1. The molecule has 7 heteroatoms. The van der Waals surface area contributed by atoms with E-state index in [4.69, 9.17) is 4.74 Å². The van der Waals surface area contributed by atoms with E-state index in [1.165, 1.54) is 4.90 Å². The van der Waals surface area contributed by atoms with Crippen molar-refractivity contribution < 1.29 is 19.4 Å². The van der Waals surface area contributed by atoms with Gasteiger partial charge in [-0.1, -0.05) is 6.07 Å². The van der Waals surface area contributed by atoms with E-state index in [1.807, 2.05) is 13.0 Å². The zero-order valence-electron chi connectivity index (χ0n) is 13.9. The van der Waals surface area contributed by atoms with Crippen molar-refractivity contribution in [1.29, 1.82) is 0 Å². The molecule has 0 saturated carbocycles. The molecule has 1 aromatic heterocycles. The minimum absolute atomic E-state index is 0.0692. The van der Waals surface area contributed by atoms with Crippen LogP contribution >= 0.6 is 0 Å². The Morgan fingerprint density at radius 3 is 2.52 bits per heavy atom. The van der Waals surface area contributed by atoms with Crippen molar-refractivity contribution in [3.63, 3.8) is 0 Å². The fourth-order valence-electron chi connectivity index (χ4n) is 2.39. The summed E-state index contributed by atoms with van der Waals surface area (Å²) in [5.74, 6) is -0.382. The third-order valence-electron chi connectivity index (χ3n) is 3.51. The highest BCUT2D eigenvalue weighted by molar-refractivity contribution is 5.80. The molecule has 0 aromatic carbocycles. The highest BCUT2D eigenvalue weighted by Crippen LogP contribution is 2.20. The molecule has 1 atom stereocenters. The molecule has 1 aromatic rings. The third-order valence-corrected chi connectivity index (χ3v) is 3.51. The molecule has 0 bridgehead atoms. The van der Waals surface area contributed by atoms with E-state index in [-0.39, 0.29) is 6.54 Å². The lowest BCUT2D eigenvalue weighted by atomic mass is 10.1. The Balaban J connectivity index is 2.13. The van der Waals surface area contributed by atoms with Crippen LogP contribution < -0.4 is 4.90 Å². The summed E-state index contributed by atoms with van der Waals surface area (Å²) in [6, 6.07) is 2.85. The van der Waals surface area contributed by atoms with Gasteiger partial charge >= 0.3 is 12.1 Å².